The number of thiocarbonyl (C=S) groups is 1. The third-order valence-corrected chi connectivity index (χ3v) is 3.98. The van der Waals surface area contributed by atoms with Crippen molar-refractivity contribution in [2.24, 2.45) is 0 Å². The molecule has 0 aliphatic rings. The van der Waals surface area contributed by atoms with Crippen molar-refractivity contribution in [2.75, 3.05) is 5.32 Å². The van der Waals surface area contributed by atoms with Crippen molar-refractivity contribution >= 4 is 52.5 Å². The van der Waals surface area contributed by atoms with Gasteiger partial charge in [-0.3, -0.25) is 14.9 Å². The van der Waals surface area contributed by atoms with Gasteiger partial charge in [0.05, 0.1) is 0 Å². The second-order valence-electron chi connectivity index (χ2n) is 7.08. The van der Waals surface area contributed by atoms with E-state index in [2.05, 4.69) is 16.0 Å². The van der Waals surface area contributed by atoms with Crippen LogP contribution in [0.2, 0.25) is 5.02 Å². The Morgan fingerprint density at radius 1 is 1.07 bits per heavy atom. The van der Waals surface area contributed by atoms with Crippen LogP contribution in [0.25, 0.3) is 6.08 Å². The van der Waals surface area contributed by atoms with Gasteiger partial charge >= 0.3 is 0 Å². The Balaban J connectivity index is 1.96. The summed E-state index contributed by atoms with van der Waals surface area (Å²) < 4.78 is 0. The Labute approximate surface area is 175 Å². The molecule has 28 heavy (non-hydrogen) atoms. The minimum absolute atomic E-state index is 0.127. The lowest BCUT2D eigenvalue weighted by Gasteiger charge is -2.20. The minimum atomic E-state index is -0.390. The number of benzene rings is 2. The fourth-order valence-electron chi connectivity index (χ4n) is 2.24. The molecule has 7 heteroatoms. The molecule has 0 bridgehead atoms. The molecule has 5 nitrogen and oxygen atoms in total. The number of hydrogen-bond donors (Lipinski definition) is 3. The zero-order valence-corrected chi connectivity index (χ0v) is 17.4. The van der Waals surface area contributed by atoms with E-state index in [1.54, 1.807) is 42.5 Å². The number of amides is 2. The van der Waals surface area contributed by atoms with Gasteiger partial charge in [-0.05, 0) is 68.9 Å². The summed E-state index contributed by atoms with van der Waals surface area (Å²) in [5, 5.41) is 9.03. The number of carbonyl (C=O) groups is 2. The molecule has 2 aromatic carbocycles. The zero-order valence-electron chi connectivity index (χ0n) is 15.9. The average Bonchev–Trinajstić information content (AvgIpc) is 2.59. The van der Waals surface area contributed by atoms with Gasteiger partial charge in [0, 0.05) is 27.9 Å². The number of halogens is 1. The molecule has 146 valence electrons. The maximum absolute atomic E-state index is 12.3. The lowest BCUT2D eigenvalue weighted by atomic mass is 10.1. The smallest absolute Gasteiger partial charge is 0.251 e. The third kappa shape index (κ3) is 7.13. The van der Waals surface area contributed by atoms with Gasteiger partial charge in [0.25, 0.3) is 5.91 Å². The summed E-state index contributed by atoms with van der Waals surface area (Å²) in [5.41, 5.74) is 1.49. The van der Waals surface area contributed by atoms with Gasteiger partial charge in [-0.2, -0.15) is 0 Å². The van der Waals surface area contributed by atoms with E-state index < -0.39 is 0 Å². The number of hydrogen-bond acceptors (Lipinski definition) is 3. The lowest BCUT2D eigenvalue weighted by Crippen LogP contribution is -2.40. The Morgan fingerprint density at radius 3 is 2.46 bits per heavy atom. The molecule has 2 rings (SSSR count). The second-order valence-corrected chi connectivity index (χ2v) is 7.90. The summed E-state index contributed by atoms with van der Waals surface area (Å²) in [4.78, 5) is 24.3. The molecule has 3 N–H and O–H groups in total. The number of carbonyl (C=O) groups excluding carboxylic acids is 2. The summed E-state index contributed by atoms with van der Waals surface area (Å²) >= 11 is 11.2. The van der Waals surface area contributed by atoms with Gasteiger partial charge in [-0.1, -0.05) is 35.9 Å². The Bertz CT molecular complexity index is 920. The summed E-state index contributed by atoms with van der Waals surface area (Å²) in [6.07, 6.45) is 2.96. The number of rotatable bonds is 4. The van der Waals surface area contributed by atoms with Crippen molar-refractivity contribution in [1.29, 1.82) is 0 Å². The normalized spacial score (nSPS) is 11.1. The molecular weight excluding hydrogens is 394 g/mol. The van der Waals surface area contributed by atoms with Crippen molar-refractivity contribution in [2.45, 2.75) is 26.3 Å². The number of nitrogens with one attached hydrogen (secondary N) is 3. The van der Waals surface area contributed by atoms with E-state index in [4.69, 9.17) is 23.8 Å². The van der Waals surface area contributed by atoms with Crippen molar-refractivity contribution in [3.8, 4) is 0 Å². The van der Waals surface area contributed by atoms with Crippen molar-refractivity contribution in [3.63, 3.8) is 0 Å². The highest BCUT2D eigenvalue weighted by Gasteiger charge is 2.15. The standard InChI is InChI=1S/C21H22ClN3O2S/c1-21(2,3)25-19(27)15-8-6-9-16(13-15)23-20(28)24-18(26)12-11-14-7-4-5-10-17(14)22/h4-13H,1-3H3,(H,25,27)(H2,23,24,26,28)/b12-11+. The molecule has 0 aliphatic carbocycles. The van der Waals surface area contributed by atoms with Crippen molar-refractivity contribution < 1.29 is 9.59 Å². The minimum Gasteiger partial charge on any atom is -0.347 e. The van der Waals surface area contributed by atoms with Gasteiger partial charge < -0.3 is 10.6 Å². The van der Waals surface area contributed by atoms with Crippen LogP contribution in [0.3, 0.4) is 0 Å². The van der Waals surface area contributed by atoms with Crippen LogP contribution >= 0.6 is 23.8 Å². The molecule has 0 saturated heterocycles. The predicted octanol–water partition coefficient (Wildman–Crippen LogP) is 4.39. The second kappa shape index (κ2) is 9.48. The summed E-state index contributed by atoms with van der Waals surface area (Å²) in [6, 6.07) is 14.1. The highest BCUT2D eigenvalue weighted by molar-refractivity contribution is 7.80. The van der Waals surface area contributed by atoms with Crippen molar-refractivity contribution in [3.05, 3.63) is 70.8 Å². The fraction of sp³-hybridized carbons (Fsp3) is 0.190. The van der Waals surface area contributed by atoms with E-state index in [0.717, 1.165) is 5.56 Å². The van der Waals surface area contributed by atoms with E-state index in [1.165, 1.54) is 6.08 Å². The largest absolute Gasteiger partial charge is 0.347 e. The quantitative estimate of drug-likeness (QED) is 0.511. The summed E-state index contributed by atoms with van der Waals surface area (Å²) in [6.45, 7) is 5.73. The first kappa shape index (κ1) is 21.6. The van der Waals surface area contributed by atoms with E-state index in [-0.39, 0.29) is 22.5 Å². The molecule has 0 unspecified atom stereocenters. The monoisotopic (exact) mass is 415 g/mol. The first-order valence-electron chi connectivity index (χ1n) is 8.61. The molecule has 2 amide bonds. The Morgan fingerprint density at radius 2 is 1.79 bits per heavy atom. The topological polar surface area (TPSA) is 70.2 Å². The lowest BCUT2D eigenvalue weighted by molar-refractivity contribution is -0.115. The zero-order chi connectivity index (χ0) is 20.7. The van der Waals surface area contributed by atoms with Crippen molar-refractivity contribution in [1.82, 2.24) is 10.6 Å². The average molecular weight is 416 g/mol. The maximum atomic E-state index is 12.3. The Kier molecular flexibility index (Phi) is 7.31. The van der Waals surface area contributed by atoms with E-state index in [0.29, 0.717) is 16.3 Å². The van der Waals surface area contributed by atoms with Crippen LogP contribution in [0, 0.1) is 0 Å². The molecule has 2 aromatic rings. The van der Waals surface area contributed by atoms with Gasteiger partial charge in [-0.25, -0.2) is 0 Å². The molecule has 0 saturated carbocycles. The molecule has 0 aromatic heterocycles. The summed E-state index contributed by atoms with van der Waals surface area (Å²) in [5.74, 6) is -0.576. The number of anilines is 1. The highest BCUT2D eigenvalue weighted by atomic mass is 35.5. The van der Waals surface area contributed by atoms with Crippen LogP contribution in [-0.2, 0) is 4.79 Å². The van der Waals surface area contributed by atoms with Crippen LogP contribution in [0.4, 0.5) is 5.69 Å². The van der Waals surface area contributed by atoms with Crippen LogP contribution in [0.1, 0.15) is 36.7 Å². The predicted molar refractivity (Wildman–Crippen MR) is 119 cm³/mol. The van der Waals surface area contributed by atoms with E-state index in [1.807, 2.05) is 32.9 Å². The van der Waals surface area contributed by atoms with E-state index in [9.17, 15) is 9.59 Å². The molecule has 0 aliphatic heterocycles. The molecule has 0 atom stereocenters. The molecule has 0 heterocycles. The first-order chi connectivity index (χ1) is 13.1. The Hall–Kier alpha value is -2.70. The molecule has 0 radical (unpaired) electrons. The maximum Gasteiger partial charge on any atom is 0.251 e. The van der Waals surface area contributed by atoms with Gasteiger partial charge in [0.1, 0.15) is 0 Å². The van der Waals surface area contributed by atoms with Gasteiger partial charge in [0.2, 0.25) is 5.91 Å². The van der Waals surface area contributed by atoms with Crippen LogP contribution in [-0.4, -0.2) is 22.5 Å². The SMILES string of the molecule is CC(C)(C)NC(=O)c1cccc(NC(=S)NC(=O)/C=C/c2ccccc2Cl)c1. The van der Waals surface area contributed by atoms with Crippen LogP contribution < -0.4 is 16.0 Å². The summed E-state index contributed by atoms with van der Waals surface area (Å²) in [7, 11) is 0. The van der Waals surface area contributed by atoms with E-state index >= 15 is 0 Å². The first-order valence-corrected chi connectivity index (χ1v) is 9.40. The van der Waals surface area contributed by atoms with Gasteiger partial charge in [-0.15, -0.1) is 0 Å². The molecule has 0 spiro atoms. The van der Waals surface area contributed by atoms with Crippen LogP contribution in [0.15, 0.2) is 54.6 Å². The third-order valence-electron chi connectivity index (χ3n) is 3.43. The van der Waals surface area contributed by atoms with Crippen LogP contribution in [0.5, 0.6) is 0 Å². The fourth-order valence-corrected chi connectivity index (χ4v) is 2.66. The molecule has 0 fully saturated rings. The highest BCUT2D eigenvalue weighted by Crippen LogP contribution is 2.16. The van der Waals surface area contributed by atoms with Gasteiger partial charge in [0.15, 0.2) is 5.11 Å². The molecular formula is C21H22ClN3O2S.